The maximum atomic E-state index is 14.4. The van der Waals surface area contributed by atoms with E-state index in [1.54, 1.807) is 0 Å². The zero-order valence-corrected chi connectivity index (χ0v) is 18.7. The van der Waals surface area contributed by atoms with Gasteiger partial charge in [0.25, 0.3) is 11.8 Å². The van der Waals surface area contributed by atoms with E-state index in [4.69, 9.17) is 4.74 Å². The quantitative estimate of drug-likeness (QED) is 0.349. The van der Waals surface area contributed by atoms with Crippen molar-refractivity contribution in [2.24, 2.45) is 0 Å². The normalized spacial score (nSPS) is 16.7. The van der Waals surface area contributed by atoms with E-state index < -0.39 is 23.4 Å². The lowest BCUT2D eigenvalue weighted by atomic mass is 9.96. The molecule has 0 spiro atoms. The summed E-state index contributed by atoms with van der Waals surface area (Å²) in [5.41, 5.74) is 3.42. The molecule has 1 fully saturated rings. The van der Waals surface area contributed by atoms with Crippen LogP contribution in [0.25, 0.3) is 43.6 Å². The van der Waals surface area contributed by atoms with Crippen molar-refractivity contribution in [1.29, 1.82) is 0 Å². The van der Waals surface area contributed by atoms with Crippen LogP contribution in [0.1, 0.15) is 20.7 Å². The Morgan fingerprint density at radius 2 is 1.71 bits per heavy atom. The van der Waals surface area contributed by atoms with Gasteiger partial charge in [-0.05, 0) is 12.1 Å². The molecule has 9 heteroatoms. The number of carbonyl (C=O) groups excluding carboxylic acids is 2. The number of aromatic hydroxyl groups is 1. The van der Waals surface area contributed by atoms with Gasteiger partial charge < -0.3 is 19.4 Å². The molecule has 8 nitrogen and oxygen atoms in total. The van der Waals surface area contributed by atoms with E-state index >= 15 is 0 Å². The minimum absolute atomic E-state index is 0.241. The number of hydrogen-bond donors (Lipinski definition) is 3. The minimum Gasteiger partial charge on any atom is -0.505 e. The minimum atomic E-state index is -0.787. The van der Waals surface area contributed by atoms with Crippen molar-refractivity contribution in [1.82, 2.24) is 19.8 Å². The highest BCUT2D eigenvalue weighted by Gasteiger charge is 2.36. The van der Waals surface area contributed by atoms with Gasteiger partial charge in [-0.25, -0.2) is 4.39 Å². The SMILES string of the molecule is O=C1NC(=O)c2c1c1c3cc(F)c(O)cc3[nH]c1c1c2c2ccccc2n1CCN1CCOCC1. The van der Waals surface area contributed by atoms with E-state index in [9.17, 15) is 19.1 Å². The summed E-state index contributed by atoms with van der Waals surface area (Å²) >= 11 is 0. The molecule has 4 heterocycles. The number of morpholine rings is 1. The van der Waals surface area contributed by atoms with Crippen LogP contribution in [0, 0.1) is 5.82 Å². The maximum absolute atomic E-state index is 14.4. The number of para-hydroxylation sites is 1. The molecular weight excluding hydrogens is 451 g/mol. The van der Waals surface area contributed by atoms with Crippen LogP contribution in [0.15, 0.2) is 36.4 Å². The average molecular weight is 472 g/mol. The summed E-state index contributed by atoms with van der Waals surface area (Å²) in [6, 6.07) is 10.4. The molecule has 0 atom stereocenters. The van der Waals surface area contributed by atoms with E-state index in [0.717, 1.165) is 36.1 Å². The summed E-state index contributed by atoms with van der Waals surface area (Å²) in [4.78, 5) is 31.7. The van der Waals surface area contributed by atoms with Crippen LogP contribution in [0.4, 0.5) is 4.39 Å². The highest BCUT2D eigenvalue weighted by Crippen LogP contribution is 2.44. The highest BCUT2D eigenvalue weighted by atomic mass is 19.1. The van der Waals surface area contributed by atoms with Crippen molar-refractivity contribution in [3.05, 3.63) is 53.3 Å². The molecule has 35 heavy (non-hydrogen) atoms. The number of phenols is 1. The molecule has 2 aliphatic heterocycles. The van der Waals surface area contributed by atoms with Gasteiger partial charge in [-0.15, -0.1) is 0 Å². The smallest absolute Gasteiger partial charge is 0.259 e. The van der Waals surface area contributed by atoms with Gasteiger partial charge in [0.1, 0.15) is 0 Å². The van der Waals surface area contributed by atoms with Gasteiger partial charge in [-0.3, -0.25) is 19.8 Å². The van der Waals surface area contributed by atoms with Crippen LogP contribution in [0.5, 0.6) is 5.75 Å². The molecular formula is C26H21FN4O4. The fraction of sp³-hybridized carbons (Fsp3) is 0.231. The number of halogens is 1. The summed E-state index contributed by atoms with van der Waals surface area (Å²) in [6.07, 6.45) is 0. The lowest BCUT2D eigenvalue weighted by Gasteiger charge is -2.27. The van der Waals surface area contributed by atoms with Crippen molar-refractivity contribution in [2.45, 2.75) is 6.54 Å². The first-order valence-corrected chi connectivity index (χ1v) is 11.6. The first-order valence-electron chi connectivity index (χ1n) is 11.6. The third-order valence-electron chi connectivity index (χ3n) is 7.25. The molecule has 5 aromatic rings. The van der Waals surface area contributed by atoms with Crippen molar-refractivity contribution in [2.75, 3.05) is 32.8 Å². The van der Waals surface area contributed by atoms with Crippen LogP contribution >= 0.6 is 0 Å². The molecule has 7 rings (SSSR count). The Morgan fingerprint density at radius 3 is 2.51 bits per heavy atom. The number of phenolic OH excluding ortho intramolecular Hbond substituents is 1. The Hall–Kier alpha value is -3.95. The molecule has 3 N–H and O–H groups in total. The number of H-pyrrole nitrogens is 1. The number of hydrogen-bond acceptors (Lipinski definition) is 5. The third kappa shape index (κ3) is 2.79. The van der Waals surface area contributed by atoms with Gasteiger partial charge in [0.05, 0.1) is 40.9 Å². The zero-order chi connectivity index (χ0) is 23.8. The molecule has 0 radical (unpaired) electrons. The predicted molar refractivity (Wildman–Crippen MR) is 129 cm³/mol. The second kappa shape index (κ2) is 7.27. The lowest BCUT2D eigenvalue weighted by molar-refractivity contribution is 0.0366. The molecule has 0 aliphatic carbocycles. The van der Waals surface area contributed by atoms with Gasteiger partial charge in [-0.1, -0.05) is 18.2 Å². The number of aromatic nitrogens is 2. The number of nitrogens with zero attached hydrogens (tertiary/aromatic N) is 2. The summed E-state index contributed by atoms with van der Waals surface area (Å²) in [7, 11) is 0. The third-order valence-corrected chi connectivity index (χ3v) is 7.25. The van der Waals surface area contributed by atoms with Crippen LogP contribution in [-0.2, 0) is 11.3 Å². The second-order valence-electron chi connectivity index (χ2n) is 9.10. The second-order valence-corrected chi connectivity index (χ2v) is 9.10. The summed E-state index contributed by atoms with van der Waals surface area (Å²) < 4.78 is 22.1. The molecule has 2 amide bonds. The number of ether oxygens (including phenoxy) is 1. The monoisotopic (exact) mass is 472 g/mol. The Morgan fingerprint density at radius 1 is 0.971 bits per heavy atom. The predicted octanol–water partition coefficient (Wildman–Crippen LogP) is 3.49. The Labute approximate surface area is 197 Å². The van der Waals surface area contributed by atoms with Crippen LogP contribution in [0.2, 0.25) is 0 Å². The number of amides is 2. The standard InChI is InChI=1S/C26H21FN4O4/c27-15-11-14-16(12-18(15)32)28-23-19(14)21-22(26(34)29-25(21)33)20-13-3-1-2-4-17(13)31(24(20)23)6-5-30-7-9-35-10-8-30/h1-4,11-12,28,32H,5-10H2,(H,29,33,34). The number of aromatic amines is 1. The summed E-state index contributed by atoms with van der Waals surface area (Å²) in [5.74, 6) is -2.23. The van der Waals surface area contributed by atoms with E-state index in [-0.39, 0.29) is 5.56 Å². The van der Waals surface area contributed by atoms with E-state index in [0.29, 0.717) is 52.5 Å². The van der Waals surface area contributed by atoms with Gasteiger partial charge in [0.2, 0.25) is 0 Å². The Bertz CT molecular complexity index is 1730. The van der Waals surface area contributed by atoms with Crippen LogP contribution in [-0.4, -0.2) is 64.2 Å². The lowest BCUT2D eigenvalue weighted by Crippen LogP contribution is -2.38. The van der Waals surface area contributed by atoms with Crippen molar-refractivity contribution in [3.8, 4) is 5.75 Å². The number of imide groups is 1. The van der Waals surface area contributed by atoms with Crippen molar-refractivity contribution in [3.63, 3.8) is 0 Å². The fourth-order valence-electron chi connectivity index (χ4n) is 5.69. The van der Waals surface area contributed by atoms with E-state index in [1.807, 2.05) is 24.3 Å². The number of carbonyl (C=O) groups is 2. The summed E-state index contributed by atoms with van der Waals surface area (Å²) in [5, 5.41) is 14.9. The molecule has 2 aromatic heterocycles. The Kier molecular flexibility index (Phi) is 4.24. The molecule has 0 bridgehead atoms. The first-order chi connectivity index (χ1) is 17.0. The van der Waals surface area contributed by atoms with Gasteiger partial charge in [0.15, 0.2) is 11.6 Å². The molecule has 0 saturated carbocycles. The fourth-order valence-corrected chi connectivity index (χ4v) is 5.69. The largest absolute Gasteiger partial charge is 0.505 e. The van der Waals surface area contributed by atoms with E-state index in [2.05, 4.69) is 19.8 Å². The molecule has 0 unspecified atom stereocenters. The average Bonchev–Trinajstić information content (AvgIpc) is 3.48. The summed E-state index contributed by atoms with van der Waals surface area (Å²) in [6.45, 7) is 4.54. The number of benzene rings is 3. The molecule has 1 saturated heterocycles. The van der Waals surface area contributed by atoms with E-state index in [1.165, 1.54) is 12.1 Å². The first kappa shape index (κ1) is 20.4. The maximum Gasteiger partial charge on any atom is 0.259 e. The number of nitrogens with one attached hydrogen (secondary N) is 2. The van der Waals surface area contributed by atoms with Crippen molar-refractivity contribution >= 4 is 55.4 Å². The zero-order valence-electron chi connectivity index (χ0n) is 18.7. The van der Waals surface area contributed by atoms with Crippen molar-refractivity contribution < 1.29 is 23.8 Å². The highest BCUT2D eigenvalue weighted by molar-refractivity contribution is 6.39. The Balaban J connectivity index is 1.62. The topological polar surface area (TPSA) is 99.6 Å². The van der Waals surface area contributed by atoms with Gasteiger partial charge >= 0.3 is 0 Å². The number of fused-ring (bicyclic) bond motifs is 10. The van der Waals surface area contributed by atoms with Gasteiger partial charge in [0, 0.05) is 59.3 Å². The van der Waals surface area contributed by atoms with Gasteiger partial charge in [-0.2, -0.15) is 0 Å². The van der Waals surface area contributed by atoms with Crippen LogP contribution < -0.4 is 5.32 Å². The van der Waals surface area contributed by atoms with Crippen LogP contribution in [0.3, 0.4) is 0 Å². The molecule has 2 aliphatic rings. The number of rotatable bonds is 3. The molecule has 176 valence electrons. The molecule has 3 aromatic carbocycles.